The molecule has 3 N–H and O–H groups in total. The maximum absolute atomic E-state index is 11.9. The van der Waals surface area contributed by atoms with Crippen LogP contribution in [0.5, 0.6) is 0 Å². The highest BCUT2D eigenvalue weighted by molar-refractivity contribution is 7.10. The van der Waals surface area contributed by atoms with Crippen LogP contribution in [0, 0.1) is 0 Å². The average Bonchev–Trinajstić information content (AvgIpc) is 2.82. The maximum atomic E-state index is 11.9. The first-order valence-electron chi connectivity index (χ1n) is 5.54. The molecule has 5 nitrogen and oxygen atoms in total. The molecule has 0 spiro atoms. The molecular weight excluding hydrogens is 238 g/mol. The van der Waals surface area contributed by atoms with Crippen LogP contribution in [0.4, 0.5) is 0 Å². The summed E-state index contributed by atoms with van der Waals surface area (Å²) in [4.78, 5) is 26.3. The molecule has 1 aliphatic heterocycles. The Labute approximate surface area is 104 Å². The topological polar surface area (TPSA) is 75.4 Å². The van der Waals surface area contributed by atoms with Crippen LogP contribution in [0.25, 0.3) is 0 Å². The highest BCUT2D eigenvalue weighted by Crippen LogP contribution is 2.27. The van der Waals surface area contributed by atoms with E-state index in [1.165, 1.54) is 11.3 Å². The summed E-state index contributed by atoms with van der Waals surface area (Å²) in [6.45, 7) is 1.37. The Bertz CT molecular complexity index is 405. The fourth-order valence-corrected chi connectivity index (χ4v) is 2.77. The van der Waals surface area contributed by atoms with Crippen LogP contribution in [0.3, 0.4) is 0 Å². The minimum atomic E-state index is -0.484. The second-order valence-corrected chi connectivity index (χ2v) is 4.81. The lowest BCUT2D eigenvalue weighted by Gasteiger charge is -2.34. The van der Waals surface area contributed by atoms with Crippen LogP contribution < -0.4 is 11.1 Å². The number of hydrogen-bond donors (Lipinski definition) is 2. The van der Waals surface area contributed by atoms with Crippen LogP contribution >= 0.6 is 11.3 Å². The number of nitrogens with two attached hydrogens (primary N) is 1. The van der Waals surface area contributed by atoms with E-state index in [9.17, 15) is 9.59 Å². The van der Waals surface area contributed by atoms with Crippen LogP contribution in [0.2, 0.25) is 0 Å². The van der Waals surface area contributed by atoms with Gasteiger partial charge in [-0.05, 0) is 11.4 Å². The molecule has 17 heavy (non-hydrogen) atoms. The van der Waals surface area contributed by atoms with Crippen molar-refractivity contribution in [1.29, 1.82) is 0 Å². The third kappa shape index (κ3) is 2.48. The number of amides is 2. The van der Waals surface area contributed by atoms with Gasteiger partial charge in [0.05, 0.1) is 0 Å². The number of carbonyl (C=O) groups is 2. The summed E-state index contributed by atoms with van der Waals surface area (Å²) in [5.74, 6) is -0.162. The predicted octanol–water partition coefficient (Wildman–Crippen LogP) is 0.0964. The molecule has 1 fully saturated rings. The molecule has 2 heterocycles. The fourth-order valence-electron chi connectivity index (χ4n) is 1.93. The lowest BCUT2D eigenvalue weighted by atomic mass is 10.1. The molecule has 1 aromatic heterocycles. The first-order chi connectivity index (χ1) is 8.24. The van der Waals surface area contributed by atoms with Gasteiger partial charge >= 0.3 is 0 Å². The van der Waals surface area contributed by atoms with Gasteiger partial charge in [-0.25, -0.2) is 0 Å². The van der Waals surface area contributed by atoms with Crippen molar-refractivity contribution in [2.45, 2.75) is 12.5 Å². The Morgan fingerprint density at radius 2 is 2.47 bits per heavy atom. The highest BCUT2D eigenvalue weighted by Gasteiger charge is 2.34. The number of rotatable bonds is 3. The van der Waals surface area contributed by atoms with Crippen molar-refractivity contribution in [3.05, 3.63) is 22.4 Å². The van der Waals surface area contributed by atoms with Crippen LogP contribution in [0.15, 0.2) is 17.5 Å². The van der Waals surface area contributed by atoms with Crippen LogP contribution in [-0.2, 0) is 9.59 Å². The number of piperazine rings is 1. The van der Waals surface area contributed by atoms with Crippen molar-refractivity contribution in [3.63, 3.8) is 0 Å². The number of hydrogen-bond acceptors (Lipinski definition) is 4. The maximum Gasteiger partial charge on any atom is 0.248 e. The van der Waals surface area contributed by atoms with E-state index >= 15 is 0 Å². The van der Waals surface area contributed by atoms with Gasteiger partial charge in [0.15, 0.2) is 0 Å². The number of carbonyl (C=O) groups excluding carboxylic acids is 2. The third-order valence-corrected chi connectivity index (χ3v) is 3.63. The van der Waals surface area contributed by atoms with Gasteiger partial charge in [-0.3, -0.25) is 9.59 Å². The van der Waals surface area contributed by atoms with E-state index < -0.39 is 6.04 Å². The molecule has 2 amide bonds. The summed E-state index contributed by atoms with van der Waals surface area (Å²) >= 11 is 1.49. The molecule has 0 aromatic carbocycles. The van der Waals surface area contributed by atoms with Crippen molar-refractivity contribution in [3.8, 4) is 0 Å². The largest absolute Gasteiger partial charge is 0.352 e. The minimum Gasteiger partial charge on any atom is -0.352 e. The second-order valence-electron chi connectivity index (χ2n) is 3.83. The van der Waals surface area contributed by atoms with Crippen LogP contribution in [-0.4, -0.2) is 36.3 Å². The first kappa shape index (κ1) is 12.1. The number of nitrogens with zero attached hydrogens (tertiary/aromatic N) is 1. The van der Waals surface area contributed by atoms with E-state index in [2.05, 4.69) is 5.32 Å². The van der Waals surface area contributed by atoms with E-state index in [0.717, 1.165) is 4.88 Å². The van der Waals surface area contributed by atoms with E-state index in [-0.39, 0.29) is 18.2 Å². The quantitative estimate of drug-likeness (QED) is 0.802. The first-order valence-corrected chi connectivity index (χ1v) is 6.42. The minimum absolute atomic E-state index is 0.0549. The molecule has 0 bridgehead atoms. The summed E-state index contributed by atoms with van der Waals surface area (Å²) in [6, 6.07) is 3.28. The van der Waals surface area contributed by atoms with Crippen molar-refractivity contribution in [1.82, 2.24) is 10.2 Å². The Hall–Kier alpha value is -1.40. The van der Waals surface area contributed by atoms with Crippen molar-refractivity contribution in [2.24, 2.45) is 5.73 Å². The summed E-state index contributed by atoms with van der Waals surface area (Å²) in [5, 5.41) is 4.70. The average molecular weight is 253 g/mol. The number of nitrogens with one attached hydrogen (secondary N) is 1. The fraction of sp³-hybridized carbons (Fsp3) is 0.455. The summed E-state index contributed by atoms with van der Waals surface area (Å²) < 4.78 is 0. The van der Waals surface area contributed by atoms with E-state index in [1.807, 2.05) is 17.5 Å². The van der Waals surface area contributed by atoms with Gasteiger partial charge in [-0.1, -0.05) is 6.07 Å². The van der Waals surface area contributed by atoms with Crippen molar-refractivity contribution >= 4 is 23.2 Å². The zero-order valence-corrected chi connectivity index (χ0v) is 10.2. The smallest absolute Gasteiger partial charge is 0.248 e. The summed E-state index contributed by atoms with van der Waals surface area (Å²) in [6.07, 6.45) is 0.287. The van der Waals surface area contributed by atoms with Gasteiger partial charge < -0.3 is 16.0 Å². The number of thiophene rings is 1. The van der Waals surface area contributed by atoms with Gasteiger partial charge in [0.2, 0.25) is 11.8 Å². The van der Waals surface area contributed by atoms with Gasteiger partial charge in [0.25, 0.3) is 0 Å². The molecule has 0 aliphatic carbocycles. The second kappa shape index (κ2) is 5.29. The molecule has 0 saturated carbocycles. The Kier molecular flexibility index (Phi) is 3.75. The van der Waals surface area contributed by atoms with Crippen molar-refractivity contribution in [2.75, 3.05) is 19.6 Å². The predicted molar refractivity (Wildman–Crippen MR) is 65.5 cm³/mol. The van der Waals surface area contributed by atoms with E-state index in [4.69, 9.17) is 5.73 Å². The monoisotopic (exact) mass is 253 g/mol. The standard InChI is InChI=1S/C11H15N3O2S/c12-4-3-9(15)14-6-5-13-11(16)10(14)8-2-1-7-17-8/h1-2,7,10H,3-6,12H2,(H,13,16). The van der Waals surface area contributed by atoms with Gasteiger partial charge in [-0.15, -0.1) is 11.3 Å². The zero-order valence-electron chi connectivity index (χ0n) is 9.39. The van der Waals surface area contributed by atoms with E-state index in [0.29, 0.717) is 19.6 Å². The molecule has 1 aromatic rings. The summed E-state index contributed by atoms with van der Waals surface area (Å²) in [7, 11) is 0. The molecule has 1 aliphatic rings. The lowest BCUT2D eigenvalue weighted by molar-refractivity contribution is -0.143. The van der Waals surface area contributed by atoms with Gasteiger partial charge in [0, 0.05) is 30.9 Å². The lowest BCUT2D eigenvalue weighted by Crippen LogP contribution is -2.52. The summed E-state index contributed by atoms with van der Waals surface area (Å²) in [5.41, 5.74) is 5.39. The van der Waals surface area contributed by atoms with Crippen molar-refractivity contribution < 1.29 is 9.59 Å². The molecule has 0 radical (unpaired) electrons. The van der Waals surface area contributed by atoms with Gasteiger partial charge in [0.1, 0.15) is 6.04 Å². The third-order valence-electron chi connectivity index (χ3n) is 2.70. The molecule has 1 saturated heterocycles. The Morgan fingerprint density at radius 3 is 3.12 bits per heavy atom. The molecule has 2 rings (SSSR count). The zero-order chi connectivity index (χ0) is 12.3. The van der Waals surface area contributed by atoms with Crippen LogP contribution in [0.1, 0.15) is 17.3 Å². The Balaban J connectivity index is 2.22. The highest BCUT2D eigenvalue weighted by atomic mass is 32.1. The van der Waals surface area contributed by atoms with Gasteiger partial charge in [-0.2, -0.15) is 0 Å². The molecule has 1 unspecified atom stereocenters. The molecule has 92 valence electrons. The van der Waals surface area contributed by atoms with E-state index in [1.54, 1.807) is 4.90 Å². The normalized spacial score (nSPS) is 20.2. The SMILES string of the molecule is NCCC(=O)N1CCNC(=O)C1c1cccs1. The Morgan fingerprint density at radius 1 is 1.65 bits per heavy atom. The molecule has 1 atom stereocenters. The molecular formula is C11H15N3O2S. The molecule has 6 heteroatoms.